The molecule has 2 rings (SSSR count). The van der Waals surface area contributed by atoms with E-state index in [9.17, 15) is 5.11 Å². The van der Waals surface area contributed by atoms with Gasteiger partial charge in [-0.1, -0.05) is 28.1 Å². The second kappa shape index (κ2) is 7.16. The van der Waals surface area contributed by atoms with Gasteiger partial charge in [0, 0.05) is 15.1 Å². The summed E-state index contributed by atoms with van der Waals surface area (Å²) >= 11 is 5.32. The average Bonchev–Trinajstić information content (AvgIpc) is 2.47. The molecule has 106 valence electrons. The van der Waals surface area contributed by atoms with Gasteiger partial charge in [-0.15, -0.1) is 11.8 Å². The first kappa shape index (κ1) is 15.4. The highest BCUT2D eigenvalue weighted by atomic mass is 79.9. The molecule has 0 bridgehead atoms. The maximum Gasteiger partial charge on any atom is 0.119 e. The van der Waals surface area contributed by atoms with Crippen molar-refractivity contribution in [2.45, 2.75) is 23.7 Å². The standard InChI is InChI=1S/C16H17BrO2S/c1-11(18)12-3-6-15(7-4-12)20-10-13-9-14(19-2)5-8-16(13)17/h3-9,11,18H,10H2,1-2H3. The van der Waals surface area contributed by atoms with Crippen molar-refractivity contribution in [3.63, 3.8) is 0 Å². The lowest BCUT2D eigenvalue weighted by Crippen LogP contribution is -1.90. The molecule has 1 atom stereocenters. The number of methoxy groups -OCH3 is 1. The molecule has 0 radical (unpaired) electrons. The highest BCUT2D eigenvalue weighted by Crippen LogP contribution is 2.30. The van der Waals surface area contributed by atoms with E-state index in [0.717, 1.165) is 21.5 Å². The second-order valence-electron chi connectivity index (χ2n) is 4.49. The molecule has 0 heterocycles. The van der Waals surface area contributed by atoms with Crippen molar-refractivity contribution in [3.05, 3.63) is 58.1 Å². The number of aliphatic hydroxyl groups is 1. The van der Waals surface area contributed by atoms with Crippen LogP contribution in [0.2, 0.25) is 0 Å². The first-order valence-electron chi connectivity index (χ1n) is 6.33. The smallest absolute Gasteiger partial charge is 0.119 e. The summed E-state index contributed by atoms with van der Waals surface area (Å²) in [6, 6.07) is 14.0. The fraction of sp³-hybridized carbons (Fsp3) is 0.250. The minimum atomic E-state index is -0.415. The van der Waals surface area contributed by atoms with Crippen LogP contribution in [0.15, 0.2) is 51.8 Å². The van der Waals surface area contributed by atoms with Crippen LogP contribution in [0, 0.1) is 0 Å². The van der Waals surface area contributed by atoms with Crippen molar-refractivity contribution in [1.29, 1.82) is 0 Å². The van der Waals surface area contributed by atoms with Crippen LogP contribution in [0.3, 0.4) is 0 Å². The predicted octanol–water partition coefficient (Wildman–Crippen LogP) is 4.80. The van der Waals surface area contributed by atoms with Crippen molar-refractivity contribution >= 4 is 27.7 Å². The number of hydrogen-bond donors (Lipinski definition) is 1. The van der Waals surface area contributed by atoms with Gasteiger partial charge in [-0.05, 0) is 48.4 Å². The van der Waals surface area contributed by atoms with E-state index in [4.69, 9.17) is 4.74 Å². The third-order valence-electron chi connectivity index (χ3n) is 3.01. The fourth-order valence-corrected chi connectivity index (χ4v) is 3.25. The van der Waals surface area contributed by atoms with E-state index in [1.165, 1.54) is 10.5 Å². The number of hydrogen-bond acceptors (Lipinski definition) is 3. The third kappa shape index (κ3) is 4.01. The van der Waals surface area contributed by atoms with E-state index in [-0.39, 0.29) is 0 Å². The number of ether oxygens (including phenoxy) is 1. The molecule has 0 aliphatic rings. The number of benzene rings is 2. The largest absolute Gasteiger partial charge is 0.497 e. The van der Waals surface area contributed by atoms with Gasteiger partial charge in [0.25, 0.3) is 0 Å². The Hall–Kier alpha value is -0.970. The summed E-state index contributed by atoms with van der Waals surface area (Å²) in [7, 11) is 1.68. The van der Waals surface area contributed by atoms with Gasteiger partial charge in [-0.2, -0.15) is 0 Å². The minimum Gasteiger partial charge on any atom is -0.497 e. The summed E-state index contributed by atoms with van der Waals surface area (Å²) in [5.41, 5.74) is 2.14. The Balaban J connectivity index is 2.04. The minimum absolute atomic E-state index is 0.415. The molecule has 0 spiro atoms. The number of aliphatic hydroxyl groups excluding tert-OH is 1. The van der Waals surface area contributed by atoms with Gasteiger partial charge in [-0.25, -0.2) is 0 Å². The molecule has 1 N–H and O–H groups in total. The van der Waals surface area contributed by atoms with Crippen LogP contribution in [0.1, 0.15) is 24.2 Å². The maximum absolute atomic E-state index is 9.49. The van der Waals surface area contributed by atoms with E-state index >= 15 is 0 Å². The van der Waals surface area contributed by atoms with Gasteiger partial charge < -0.3 is 9.84 Å². The molecule has 0 aliphatic heterocycles. The summed E-state index contributed by atoms with van der Waals surface area (Å²) in [4.78, 5) is 1.18. The molecule has 0 aromatic heterocycles. The lowest BCUT2D eigenvalue weighted by molar-refractivity contribution is 0.199. The van der Waals surface area contributed by atoms with Crippen LogP contribution in [0.25, 0.3) is 0 Å². The molecule has 0 saturated heterocycles. The highest BCUT2D eigenvalue weighted by molar-refractivity contribution is 9.10. The average molecular weight is 353 g/mol. The molecular weight excluding hydrogens is 336 g/mol. The second-order valence-corrected chi connectivity index (χ2v) is 6.39. The lowest BCUT2D eigenvalue weighted by atomic mass is 10.1. The van der Waals surface area contributed by atoms with Gasteiger partial charge in [0.05, 0.1) is 13.2 Å². The molecule has 2 aromatic carbocycles. The molecule has 1 unspecified atom stereocenters. The molecule has 0 fully saturated rings. The fourth-order valence-electron chi connectivity index (χ4n) is 1.79. The Labute approximate surface area is 132 Å². The molecular formula is C16H17BrO2S. The first-order chi connectivity index (χ1) is 9.60. The van der Waals surface area contributed by atoms with Gasteiger partial charge in [-0.3, -0.25) is 0 Å². The topological polar surface area (TPSA) is 29.5 Å². The molecule has 0 aliphatic carbocycles. The number of rotatable bonds is 5. The van der Waals surface area contributed by atoms with E-state index in [0.29, 0.717) is 0 Å². The van der Waals surface area contributed by atoms with Crippen molar-refractivity contribution < 1.29 is 9.84 Å². The summed E-state index contributed by atoms with van der Waals surface area (Å²) in [5, 5.41) is 9.49. The summed E-state index contributed by atoms with van der Waals surface area (Å²) in [5.74, 6) is 1.74. The van der Waals surface area contributed by atoms with Crippen molar-refractivity contribution in [2.75, 3.05) is 7.11 Å². The summed E-state index contributed by atoms with van der Waals surface area (Å²) < 4.78 is 6.34. The zero-order valence-electron chi connectivity index (χ0n) is 11.5. The normalized spacial score (nSPS) is 12.2. The van der Waals surface area contributed by atoms with E-state index in [2.05, 4.69) is 15.9 Å². The molecule has 4 heteroatoms. The van der Waals surface area contributed by atoms with Gasteiger partial charge >= 0.3 is 0 Å². The van der Waals surface area contributed by atoms with E-state index < -0.39 is 6.10 Å². The Bertz CT molecular complexity index is 567. The third-order valence-corrected chi connectivity index (χ3v) is 4.84. The zero-order chi connectivity index (χ0) is 14.5. The van der Waals surface area contributed by atoms with Crippen LogP contribution in [-0.2, 0) is 5.75 Å². The van der Waals surface area contributed by atoms with Crippen LogP contribution < -0.4 is 4.74 Å². The monoisotopic (exact) mass is 352 g/mol. The summed E-state index contributed by atoms with van der Waals surface area (Å²) in [6.07, 6.45) is -0.415. The quantitative estimate of drug-likeness (QED) is 0.783. The van der Waals surface area contributed by atoms with Crippen molar-refractivity contribution in [3.8, 4) is 5.75 Å². The predicted molar refractivity (Wildman–Crippen MR) is 87.3 cm³/mol. The Morgan fingerprint density at radius 2 is 1.90 bits per heavy atom. The SMILES string of the molecule is COc1ccc(Br)c(CSc2ccc(C(C)O)cc2)c1. The van der Waals surface area contributed by atoms with Crippen molar-refractivity contribution in [2.24, 2.45) is 0 Å². The molecule has 2 aromatic rings. The Morgan fingerprint density at radius 1 is 1.20 bits per heavy atom. The van der Waals surface area contributed by atoms with Crippen LogP contribution in [0.5, 0.6) is 5.75 Å². The van der Waals surface area contributed by atoms with Gasteiger partial charge in [0.15, 0.2) is 0 Å². The van der Waals surface area contributed by atoms with E-state index in [1.807, 2.05) is 42.5 Å². The molecule has 0 saturated carbocycles. The number of thioether (sulfide) groups is 1. The Morgan fingerprint density at radius 3 is 2.50 bits per heavy atom. The highest BCUT2D eigenvalue weighted by Gasteiger charge is 2.05. The zero-order valence-corrected chi connectivity index (χ0v) is 13.9. The van der Waals surface area contributed by atoms with Gasteiger partial charge in [0.1, 0.15) is 5.75 Å². The molecule has 0 amide bonds. The Kier molecular flexibility index (Phi) is 5.52. The van der Waals surface area contributed by atoms with E-state index in [1.54, 1.807) is 25.8 Å². The van der Waals surface area contributed by atoms with Crippen molar-refractivity contribution in [1.82, 2.24) is 0 Å². The number of halogens is 1. The van der Waals surface area contributed by atoms with Gasteiger partial charge in [0.2, 0.25) is 0 Å². The maximum atomic E-state index is 9.49. The van der Waals surface area contributed by atoms with Crippen LogP contribution >= 0.6 is 27.7 Å². The summed E-state index contributed by atoms with van der Waals surface area (Å²) in [6.45, 7) is 1.77. The molecule has 2 nitrogen and oxygen atoms in total. The lowest BCUT2D eigenvalue weighted by Gasteiger charge is -2.08. The first-order valence-corrected chi connectivity index (χ1v) is 8.11. The van der Waals surface area contributed by atoms with Crippen LogP contribution in [0.4, 0.5) is 0 Å². The molecule has 20 heavy (non-hydrogen) atoms. The van der Waals surface area contributed by atoms with Crippen LogP contribution in [-0.4, -0.2) is 12.2 Å².